The highest BCUT2D eigenvalue weighted by Gasteiger charge is 2.37. The van der Waals surface area contributed by atoms with E-state index in [4.69, 9.17) is 0 Å². The lowest BCUT2D eigenvalue weighted by molar-refractivity contribution is -0.137. The molecule has 1 aliphatic carbocycles. The smallest absolute Gasteiger partial charge is 0.394 e. The quantitative estimate of drug-likeness (QED) is 0.835. The Labute approximate surface area is 124 Å². The molecule has 1 aromatic rings. The van der Waals surface area contributed by atoms with Crippen molar-refractivity contribution in [3.8, 4) is 0 Å². The van der Waals surface area contributed by atoms with Gasteiger partial charge in [-0.25, -0.2) is 0 Å². The molecule has 1 saturated carbocycles. The van der Waals surface area contributed by atoms with Crippen molar-refractivity contribution in [2.45, 2.75) is 43.8 Å². The first kappa shape index (κ1) is 15.6. The van der Waals surface area contributed by atoms with Crippen LogP contribution < -0.4 is 5.32 Å². The largest absolute Gasteiger partial charge is 0.418 e. The Morgan fingerprint density at radius 3 is 2.40 bits per heavy atom. The number of hydrogen-bond acceptors (Lipinski definition) is 2. The molecule has 0 unspecified atom stereocenters. The Balaban J connectivity index is 2.32. The minimum absolute atomic E-state index is 0.0386. The molecule has 0 heterocycles. The summed E-state index contributed by atoms with van der Waals surface area (Å²) in [5, 5.41) is 12.6. The van der Waals surface area contributed by atoms with E-state index in [1.54, 1.807) is 6.07 Å². The highest BCUT2D eigenvalue weighted by atomic mass is 79.9. The van der Waals surface area contributed by atoms with Crippen molar-refractivity contribution in [2.24, 2.45) is 0 Å². The van der Waals surface area contributed by atoms with Crippen molar-refractivity contribution in [2.75, 3.05) is 11.9 Å². The van der Waals surface area contributed by atoms with Gasteiger partial charge in [0.2, 0.25) is 0 Å². The third-order valence-corrected chi connectivity index (χ3v) is 4.29. The van der Waals surface area contributed by atoms with Crippen LogP contribution in [-0.4, -0.2) is 17.3 Å². The first-order chi connectivity index (χ1) is 9.36. The average Bonchev–Trinajstić information content (AvgIpc) is 2.41. The van der Waals surface area contributed by atoms with Gasteiger partial charge in [-0.2, -0.15) is 13.2 Å². The van der Waals surface area contributed by atoms with Gasteiger partial charge in [0, 0.05) is 10.2 Å². The second-order valence-electron chi connectivity index (χ2n) is 5.31. The van der Waals surface area contributed by atoms with Crippen LogP contribution in [0.15, 0.2) is 22.7 Å². The molecule has 1 aromatic carbocycles. The summed E-state index contributed by atoms with van der Waals surface area (Å²) in [7, 11) is 0. The van der Waals surface area contributed by atoms with E-state index in [2.05, 4.69) is 21.2 Å². The van der Waals surface area contributed by atoms with Gasteiger partial charge in [-0.15, -0.1) is 0 Å². The summed E-state index contributed by atoms with van der Waals surface area (Å²) >= 11 is 3.07. The van der Waals surface area contributed by atoms with E-state index < -0.39 is 17.3 Å². The van der Waals surface area contributed by atoms with Crippen molar-refractivity contribution >= 4 is 21.6 Å². The van der Waals surface area contributed by atoms with E-state index in [0.717, 1.165) is 25.3 Å². The molecule has 0 amide bonds. The van der Waals surface area contributed by atoms with Crippen LogP contribution in [0.25, 0.3) is 0 Å². The number of anilines is 1. The maximum Gasteiger partial charge on any atom is 0.418 e. The van der Waals surface area contributed by atoms with Crippen LogP contribution >= 0.6 is 15.9 Å². The topological polar surface area (TPSA) is 32.3 Å². The maximum atomic E-state index is 13.1. The SMILES string of the molecule is OCC1(Nc2ccc(Br)cc2C(F)(F)F)CCCCC1. The van der Waals surface area contributed by atoms with Crippen LogP contribution in [0.5, 0.6) is 0 Å². The fourth-order valence-corrected chi connectivity index (χ4v) is 3.06. The highest BCUT2D eigenvalue weighted by Crippen LogP contribution is 2.39. The van der Waals surface area contributed by atoms with Crippen molar-refractivity contribution in [1.82, 2.24) is 0 Å². The molecule has 6 heteroatoms. The van der Waals surface area contributed by atoms with Crippen LogP contribution in [0.2, 0.25) is 0 Å². The minimum Gasteiger partial charge on any atom is -0.394 e. The van der Waals surface area contributed by atoms with Crippen LogP contribution in [-0.2, 0) is 6.18 Å². The summed E-state index contributed by atoms with van der Waals surface area (Å²) < 4.78 is 39.7. The van der Waals surface area contributed by atoms with Crippen LogP contribution in [0, 0.1) is 0 Å². The zero-order valence-electron chi connectivity index (χ0n) is 10.9. The lowest BCUT2D eigenvalue weighted by Gasteiger charge is -2.38. The monoisotopic (exact) mass is 351 g/mol. The maximum absolute atomic E-state index is 13.1. The van der Waals surface area contributed by atoms with Gasteiger partial charge in [0.25, 0.3) is 0 Å². The van der Waals surface area contributed by atoms with Crippen molar-refractivity contribution < 1.29 is 18.3 Å². The third-order valence-electron chi connectivity index (χ3n) is 3.80. The molecule has 2 rings (SSSR count). The number of hydrogen-bond donors (Lipinski definition) is 2. The van der Waals surface area contributed by atoms with Gasteiger partial charge in [0.05, 0.1) is 17.7 Å². The molecule has 0 saturated heterocycles. The van der Waals surface area contributed by atoms with Crippen LogP contribution in [0.3, 0.4) is 0 Å². The molecule has 2 N–H and O–H groups in total. The molecule has 1 fully saturated rings. The number of alkyl halides is 3. The number of aliphatic hydroxyl groups is 1. The Kier molecular flexibility index (Phi) is 4.64. The molecule has 0 atom stereocenters. The predicted molar refractivity (Wildman–Crippen MR) is 75.7 cm³/mol. The second kappa shape index (κ2) is 5.93. The fraction of sp³-hybridized carbons (Fsp3) is 0.571. The standard InChI is InChI=1S/C14H17BrF3NO/c15-10-4-5-12(11(8-10)14(16,17)18)19-13(9-20)6-2-1-3-7-13/h4-5,8,19-20H,1-3,6-7,9H2. The summed E-state index contributed by atoms with van der Waals surface area (Å²) in [6.45, 7) is -0.152. The summed E-state index contributed by atoms with van der Waals surface area (Å²) in [5.41, 5.74) is -1.30. The molecule has 0 aliphatic heterocycles. The van der Waals surface area contributed by atoms with Gasteiger partial charge >= 0.3 is 6.18 Å². The number of halogens is 4. The van der Waals surface area contributed by atoms with E-state index in [1.165, 1.54) is 6.07 Å². The van der Waals surface area contributed by atoms with Gasteiger partial charge in [-0.1, -0.05) is 35.2 Å². The second-order valence-corrected chi connectivity index (χ2v) is 6.23. The normalized spacial score (nSPS) is 18.9. The molecule has 112 valence electrons. The summed E-state index contributed by atoms with van der Waals surface area (Å²) in [4.78, 5) is 0. The van der Waals surface area contributed by atoms with Gasteiger partial charge in [-0.05, 0) is 31.0 Å². The van der Waals surface area contributed by atoms with Crippen LogP contribution in [0.1, 0.15) is 37.7 Å². The van der Waals surface area contributed by atoms with Gasteiger partial charge in [0.1, 0.15) is 0 Å². The number of benzene rings is 1. The van der Waals surface area contributed by atoms with Crippen LogP contribution in [0.4, 0.5) is 18.9 Å². The van der Waals surface area contributed by atoms with Gasteiger partial charge < -0.3 is 10.4 Å². The van der Waals surface area contributed by atoms with Gasteiger partial charge in [0.15, 0.2) is 0 Å². The minimum atomic E-state index is -4.42. The average molecular weight is 352 g/mol. The highest BCUT2D eigenvalue weighted by molar-refractivity contribution is 9.10. The number of aliphatic hydroxyl groups excluding tert-OH is 1. The van der Waals surface area contributed by atoms with E-state index in [-0.39, 0.29) is 12.3 Å². The first-order valence-corrected chi connectivity index (χ1v) is 7.41. The van der Waals surface area contributed by atoms with E-state index in [9.17, 15) is 18.3 Å². The zero-order chi connectivity index (χ0) is 14.8. The van der Waals surface area contributed by atoms with E-state index in [0.29, 0.717) is 17.3 Å². The molecule has 0 radical (unpaired) electrons. The summed E-state index contributed by atoms with van der Waals surface area (Å²) in [5.74, 6) is 0. The molecule has 0 bridgehead atoms. The van der Waals surface area contributed by atoms with E-state index >= 15 is 0 Å². The lowest BCUT2D eigenvalue weighted by atomic mass is 9.82. The number of nitrogens with one attached hydrogen (secondary N) is 1. The third kappa shape index (κ3) is 3.47. The van der Waals surface area contributed by atoms with Crippen molar-refractivity contribution in [1.29, 1.82) is 0 Å². The Morgan fingerprint density at radius 1 is 1.20 bits per heavy atom. The predicted octanol–water partition coefficient (Wildman–Crippen LogP) is 4.58. The fourth-order valence-electron chi connectivity index (χ4n) is 2.70. The van der Waals surface area contributed by atoms with E-state index in [1.807, 2.05) is 0 Å². The zero-order valence-corrected chi connectivity index (χ0v) is 12.5. The Bertz CT molecular complexity index is 470. The number of rotatable bonds is 3. The van der Waals surface area contributed by atoms with Crippen molar-refractivity contribution in [3.63, 3.8) is 0 Å². The van der Waals surface area contributed by atoms with Crippen molar-refractivity contribution in [3.05, 3.63) is 28.2 Å². The Hall–Kier alpha value is -0.750. The molecule has 20 heavy (non-hydrogen) atoms. The molecule has 0 spiro atoms. The molecule has 2 nitrogen and oxygen atoms in total. The summed E-state index contributed by atoms with van der Waals surface area (Å²) in [6, 6.07) is 4.06. The first-order valence-electron chi connectivity index (χ1n) is 6.62. The molecule has 0 aromatic heterocycles. The molecular formula is C14H17BrF3NO. The van der Waals surface area contributed by atoms with Gasteiger partial charge in [-0.3, -0.25) is 0 Å². The summed E-state index contributed by atoms with van der Waals surface area (Å²) in [6.07, 6.45) is -0.127. The molecule has 1 aliphatic rings. The molecular weight excluding hydrogens is 335 g/mol. The Morgan fingerprint density at radius 2 is 1.85 bits per heavy atom. The lowest BCUT2D eigenvalue weighted by Crippen LogP contribution is -2.44.